The quantitative estimate of drug-likeness (QED) is 0.895. The third kappa shape index (κ3) is 4.87. The number of carbonyl (C=O) groups is 2. The number of carbonyl (C=O) groups excluding carboxylic acids is 2. The van der Waals surface area contributed by atoms with Crippen molar-refractivity contribution in [2.75, 3.05) is 13.1 Å². The van der Waals surface area contributed by atoms with Crippen LogP contribution in [0.5, 0.6) is 0 Å². The Morgan fingerprint density at radius 2 is 2.16 bits per heavy atom. The zero-order valence-corrected chi connectivity index (χ0v) is 12.1. The van der Waals surface area contributed by atoms with E-state index in [9.17, 15) is 9.59 Å². The van der Waals surface area contributed by atoms with E-state index >= 15 is 0 Å². The molecule has 0 saturated carbocycles. The third-order valence-electron chi connectivity index (χ3n) is 2.39. The van der Waals surface area contributed by atoms with Crippen molar-refractivity contribution in [3.05, 3.63) is 29.0 Å². The lowest BCUT2D eigenvalue weighted by Crippen LogP contribution is -2.42. The van der Waals surface area contributed by atoms with E-state index in [1.807, 2.05) is 20.8 Å². The van der Waals surface area contributed by atoms with Gasteiger partial charge in [-0.15, -0.1) is 0 Å². The predicted octanol–water partition coefficient (Wildman–Crippen LogP) is 1.72. The average molecular weight is 284 g/mol. The minimum absolute atomic E-state index is 0.0156. The van der Waals surface area contributed by atoms with Crippen LogP contribution in [0, 0.1) is 0 Å². The van der Waals surface area contributed by atoms with E-state index in [1.165, 1.54) is 17.2 Å². The molecule has 0 aliphatic carbocycles. The maximum atomic E-state index is 12.2. The molecule has 6 heteroatoms. The topological polar surface area (TPSA) is 62.3 Å². The molecule has 0 fully saturated rings. The molecule has 1 rings (SSSR count). The summed E-state index contributed by atoms with van der Waals surface area (Å²) in [5.74, 6) is -0.490. The fraction of sp³-hybridized carbons (Fsp3) is 0.462. The first-order chi connectivity index (χ1) is 8.93. The highest BCUT2D eigenvalue weighted by molar-refractivity contribution is 6.30. The molecule has 1 aromatic rings. The Labute approximate surface area is 118 Å². The van der Waals surface area contributed by atoms with Gasteiger partial charge >= 0.3 is 0 Å². The third-order valence-corrected chi connectivity index (χ3v) is 2.63. The van der Waals surface area contributed by atoms with Crippen molar-refractivity contribution >= 4 is 23.4 Å². The number of aromatic nitrogens is 1. The highest BCUT2D eigenvalue weighted by Gasteiger charge is 2.18. The van der Waals surface area contributed by atoms with E-state index in [0.717, 1.165) is 0 Å². The molecule has 0 aliphatic rings. The van der Waals surface area contributed by atoms with Gasteiger partial charge in [-0.1, -0.05) is 11.6 Å². The van der Waals surface area contributed by atoms with Crippen LogP contribution in [0.1, 0.15) is 31.3 Å². The Balaban J connectivity index is 2.74. The van der Waals surface area contributed by atoms with Crippen molar-refractivity contribution in [1.82, 2.24) is 15.2 Å². The minimum atomic E-state index is -0.302. The Bertz CT molecular complexity index is 463. The van der Waals surface area contributed by atoms with Gasteiger partial charge in [-0.3, -0.25) is 14.6 Å². The van der Waals surface area contributed by atoms with Gasteiger partial charge in [0.2, 0.25) is 5.91 Å². The van der Waals surface area contributed by atoms with Crippen LogP contribution < -0.4 is 5.32 Å². The van der Waals surface area contributed by atoms with Gasteiger partial charge in [0.05, 0.1) is 6.54 Å². The van der Waals surface area contributed by atoms with E-state index in [-0.39, 0.29) is 30.1 Å². The summed E-state index contributed by atoms with van der Waals surface area (Å²) in [6, 6.07) is 3.14. The van der Waals surface area contributed by atoms with Crippen molar-refractivity contribution in [2.24, 2.45) is 0 Å². The fourth-order valence-electron chi connectivity index (χ4n) is 1.55. The average Bonchev–Trinajstić information content (AvgIpc) is 2.34. The van der Waals surface area contributed by atoms with Gasteiger partial charge in [0.1, 0.15) is 5.69 Å². The van der Waals surface area contributed by atoms with Gasteiger partial charge in [0, 0.05) is 23.8 Å². The molecule has 104 valence electrons. The maximum Gasteiger partial charge on any atom is 0.272 e. The van der Waals surface area contributed by atoms with Crippen LogP contribution in [0.2, 0.25) is 5.02 Å². The number of halogens is 1. The molecule has 19 heavy (non-hydrogen) atoms. The van der Waals surface area contributed by atoms with Gasteiger partial charge in [0.15, 0.2) is 0 Å². The highest BCUT2D eigenvalue weighted by Crippen LogP contribution is 2.10. The summed E-state index contributed by atoms with van der Waals surface area (Å²) in [7, 11) is 0. The zero-order chi connectivity index (χ0) is 14.4. The van der Waals surface area contributed by atoms with Crippen molar-refractivity contribution < 1.29 is 9.59 Å². The van der Waals surface area contributed by atoms with Crippen LogP contribution in [0.15, 0.2) is 18.3 Å². The monoisotopic (exact) mass is 283 g/mol. The molecule has 0 bridgehead atoms. The summed E-state index contributed by atoms with van der Waals surface area (Å²) < 4.78 is 0. The van der Waals surface area contributed by atoms with Gasteiger partial charge in [-0.05, 0) is 32.9 Å². The van der Waals surface area contributed by atoms with Crippen LogP contribution in [0.25, 0.3) is 0 Å². The van der Waals surface area contributed by atoms with Crippen molar-refractivity contribution in [1.29, 1.82) is 0 Å². The van der Waals surface area contributed by atoms with Crippen molar-refractivity contribution in [3.63, 3.8) is 0 Å². The van der Waals surface area contributed by atoms with E-state index in [4.69, 9.17) is 11.6 Å². The predicted molar refractivity (Wildman–Crippen MR) is 74.1 cm³/mol. The lowest BCUT2D eigenvalue weighted by Gasteiger charge is -2.20. The van der Waals surface area contributed by atoms with Gasteiger partial charge in [0.25, 0.3) is 5.91 Å². The molecule has 0 atom stereocenters. The number of nitrogens with one attached hydrogen (secondary N) is 1. The Morgan fingerprint density at radius 1 is 1.47 bits per heavy atom. The highest BCUT2D eigenvalue weighted by atomic mass is 35.5. The number of likely N-dealkylation sites (N-methyl/N-ethyl adjacent to an activating group) is 1. The van der Waals surface area contributed by atoms with Crippen molar-refractivity contribution in [3.8, 4) is 0 Å². The first-order valence-electron chi connectivity index (χ1n) is 6.14. The number of hydrogen-bond donors (Lipinski definition) is 1. The molecular weight excluding hydrogens is 266 g/mol. The smallest absolute Gasteiger partial charge is 0.272 e. The van der Waals surface area contributed by atoms with Crippen LogP contribution in [-0.2, 0) is 4.79 Å². The summed E-state index contributed by atoms with van der Waals surface area (Å²) in [6.45, 7) is 5.99. The summed E-state index contributed by atoms with van der Waals surface area (Å²) in [6.07, 6.45) is 1.47. The van der Waals surface area contributed by atoms with Gasteiger partial charge < -0.3 is 10.2 Å². The molecule has 1 N–H and O–H groups in total. The second kappa shape index (κ2) is 7.09. The van der Waals surface area contributed by atoms with E-state index < -0.39 is 0 Å². The molecule has 0 aromatic carbocycles. The van der Waals surface area contributed by atoms with Crippen LogP contribution in [0.3, 0.4) is 0 Å². The van der Waals surface area contributed by atoms with Gasteiger partial charge in [-0.25, -0.2) is 0 Å². The Kier molecular flexibility index (Phi) is 5.76. The maximum absolute atomic E-state index is 12.2. The minimum Gasteiger partial charge on any atom is -0.352 e. The zero-order valence-electron chi connectivity index (χ0n) is 11.3. The second-order valence-electron chi connectivity index (χ2n) is 4.40. The number of nitrogens with zero attached hydrogens (tertiary/aromatic N) is 2. The molecule has 5 nitrogen and oxygen atoms in total. The van der Waals surface area contributed by atoms with Crippen LogP contribution in [0.4, 0.5) is 0 Å². The molecular formula is C13H18ClN3O2. The van der Waals surface area contributed by atoms with Gasteiger partial charge in [-0.2, -0.15) is 0 Å². The molecule has 0 aliphatic heterocycles. The largest absolute Gasteiger partial charge is 0.352 e. The lowest BCUT2D eigenvalue weighted by molar-refractivity contribution is -0.122. The summed E-state index contributed by atoms with van der Waals surface area (Å²) >= 11 is 5.82. The molecule has 2 amide bonds. The van der Waals surface area contributed by atoms with Crippen LogP contribution in [-0.4, -0.2) is 40.8 Å². The molecule has 0 spiro atoms. The molecule has 0 unspecified atom stereocenters. The normalized spacial score (nSPS) is 10.4. The van der Waals surface area contributed by atoms with Crippen molar-refractivity contribution in [2.45, 2.75) is 26.8 Å². The van der Waals surface area contributed by atoms with Crippen LogP contribution >= 0.6 is 11.6 Å². The lowest BCUT2D eigenvalue weighted by atomic mass is 10.3. The number of hydrogen-bond acceptors (Lipinski definition) is 3. The summed E-state index contributed by atoms with van der Waals surface area (Å²) in [5.41, 5.74) is 0.242. The molecule has 1 heterocycles. The molecule has 0 saturated heterocycles. The van der Waals surface area contributed by atoms with E-state index in [0.29, 0.717) is 11.6 Å². The standard InChI is InChI=1S/C13H18ClN3O2/c1-4-17(8-12(18)16-9(2)3)13(19)11-7-10(14)5-6-15-11/h5-7,9H,4,8H2,1-3H3,(H,16,18). The second-order valence-corrected chi connectivity index (χ2v) is 4.84. The number of pyridine rings is 1. The molecule has 0 radical (unpaired) electrons. The summed E-state index contributed by atoms with van der Waals surface area (Å²) in [4.78, 5) is 29.2. The summed E-state index contributed by atoms with van der Waals surface area (Å²) in [5, 5.41) is 3.19. The Hall–Kier alpha value is -1.62. The first kappa shape index (κ1) is 15.4. The Morgan fingerprint density at radius 3 is 2.68 bits per heavy atom. The fourth-order valence-corrected chi connectivity index (χ4v) is 1.71. The number of rotatable bonds is 5. The van der Waals surface area contributed by atoms with E-state index in [2.05, 4.69) is 10.3 Å². The SMILES string of the molecule is CCN(CC(=O)NC(C)C)C(=O)c1cc(Cl)ccn1. The molecule has 1 aromatic heterocycles. The number of amides is 2. The first-order valence-corrected chi connectivity index (χ1v) is 6.52. The van der Waals surface area contributed by atoms with E-state index in [1.54, 1.807) is 6.07 Å².